The number of carbonyl (C=O) groups excluding carboxylic acids is 1. The number of hydrogen-bond donors (Lipinski definition) is 2. The van der Waals surface area contributed by atoms with Crippen LogP contribution in [0.2, 0.25) is 5.02 Å². The van der Waals surface area contributed by atoms with Crippen molar-refractivity contribution in [3.05, 3.63) is 23.2 Å². The zero-order valence-electron chi connectivity index (χ0n) is 11.6. The predicted octanol–water partition coefficient (Wildman–Crippen LogP) is 3.65. The molecule has 1 aromatic carbocycles. The monoisotopic (exact) mass is 311 g/mol. The van der Waals surface area contributed by atoms with Gasteiger partial charge in [-0.25, -0.2) is 4.98 Å². The average molecular weight is 312 g/mol. The van der Waals surface area contributed by atoms with E-state index < -0.39 is 5.41 Å². The van der Waals surface area contributed by atoms with Crippen LogP contribution in [0.15, 0.2) is 18.2 Å². The molecule has 2 rings (SSSR count). The Hall–Kier alpha value is -1.17. The van der Waals surface area contributed by atoms with Crippen LogP contribution in [0.5, 0.6) is 0 Å². The summed E-state index contributed by atoms with van der Waals surface area (Å²) in [5.74, 6) is -0.0600. The fraction of sp³-hybridized carbons (Fsp3) is 0.429. The normalized spacial score (nSPS) is 11.8. The molecule has 0 aliphatic carbocycles. The van der Waals surface area contributed by atoms with Crippen molar-refractivity contribution in [2.24, 2.45) is 11.1 Å². The molecule has 0 saturated carbocycles. The molecule has 0 saturated heterocycles. The largest absolute Gasteiger partial charge is 0.329 e. The molecular weight excluding hydrogens is 294 g/mol. The lowest BCUT2D eigenvalue weighted by molar-refractivity contribution is -0.125. The number of anilines is 1. The minimum atomic E-state index is -0.518. The van der Waals surface area contributed by atoms with Crippen molar-refractivity contribution in [1.29, 1.82) is 0 Å². The lowest BCUT2D eigenvalue weighted by Crippen LogP contribution is -2.41. The summed E-state index contributed by atoms with van der Waals surface area (Å²) in [5, 5.41) is 4.14. The highest BCUT2D eigenvalue weighted by molar-refractivity contribution is 7.22. The van der Waals surface area contributed by atoms with Gasteiger partial charge in [-0.05, 0) is 31.0 Å². The third-order valence-corrected chi connectivity index (χ3v) is 4.97. The summed E-state index contributed by atoms with van der Waals surface area (Å²) in [6.45, 7) is 4.30. The Balaban J connectivity index is 2.25. The molecule has 0 atom stereocenters. The minimum Gasteiger partial charge on any atom is -0.329 e. The van der Waals surface area contributed by atoms with Crippen LogP contribution in [-0.4, -0.2) is 17.4 Å². The fourth-order valence-electron chi connectivity index (χ4n) is 2.13. The number of rotatable bonds is 5. The van der Waals surface area contributed by atoms with Crippen LogP contribution in [0.3, 0.4) is 0 Å². The molecule has 0 aliphatic heterocycles. The van der Waals surface area contributed by atoms with Crippen LogP contribution in [0.4, 0.5) is 5.13 Å². The summed E-state index contributed by atoms with van der Waals surface area (Å²) in [5.41, 5.74) is 6.10. The zero-order valence-corrected chi connectivity index (χ0v) is 13.1. The molecule has 0 unspecified atom stereocenters. The summed E-state index contributed by atoms with van der Waals surface area (Å²) >= 11 is 7.37. The molecule has 1 aromatic heterocycles. The SMILES string of the molecule is CCC(CC)(CN)C(=O)Nc1nc2ccc(Cl)cc2s1. The third-order valence-electron chi connectivity index (χ3n) is 3.80. The van der Waals surface area contributed by atoms with E-state index in [1.807, 2.05) is 26.0 Å². The number of aromatic nitrogens is 1. The van der Waals surface area contributed by atoms with Crippen LogP contribution in [-0.2, 0) is 4.79 Å². The lowest BCUT2D eigenvalue weighted by atomic mass is 9.81. The van der Waals surface area contributed by atoms with E-state index in [1.165, 1.54) is 11.3 Å². The molecule has 0 spiro atoms. The molecule has 1 amide bonds. The molecule has 20 heavy (non-hydrogen) atoms. The topological polar surface area (TPSA) is 68.0 Å². The highest BCUT2D eigenvalue weighted by atomic mass is 35.5. The Kier molecular flexibility index (Phi) is 4.62. The van der Waals surface area contributed by atoms with Gasteiger partial charge in [0.15, 0.2) is 5.13 Å². The molecule has 4 nitrogen and oxygen atoms in total. The van der Waals surface area contributed by atoms with Crippen LogP contribution >= 0.6 is 22.9 Å². The number of thiazole rings is 1. The van der Waals surface area contributed by atoms with E-state index in [2.05, 4.69) is 10.3 Å². The lowest BCUT2D eigenvalue weighted by Gasteiger charge is -2.27. The standard InChI is InChI=1S/C14H18ClN3OS/c1-3-14(4-2,8-16)12(19)18-13-17-10-6-5-9(15)7-11(10)20-13/h5-7H,3-4,8,16H2,1-2H3,(H,17,18,19). The average Bonchev–Trinajstić information content (AvgIpc) is 2.82. The Morgan fingerprint density at radius 1 is 1.45 bits per heavy atom. The van der Waals surface area contributed by atoms with Gasteiger partial charge >= 0.3 is 0 Å². The van der Waals surface area contributed by atoms with Crippen molar-refractivity contribution in [1.82, 2.24) is 4.98 Å². The Morgan fingerprint density at radius 3 is 2.75 bits per heavy atom. The van der Waals surface area contributed by atoms with E-state index in [0.29, 0.717) is 29.5 Å². The first kappa shape index (κ1) is 15.2. The maximum atomic E-state index is 12.4. The van der Waals surface area contributed by atoms with Crippen LogP contribution in [0.25, 0.3) is 10.2 Å². The first-order valence-corrected chi connectivity index (χ1v) is 7.81. The molecule has 0 aliphatic rings. The van der Waals surface area contributed by atoms with Crippen molar-refractivity contribution >= 4 is 44.2 Å². The number of nitrogens with zero attached hydrogens (tertiary/aromatic N) is 1. The van der Waals surface area contributed by atoms with Gasteiger partial charge in [0.05, 0.1) is 15.6 Å². The summed E-state index contributed by atoms with van der Waals surface area (Å²) in [7, 11) is 0. The fourth-order valence-corrected chi connectivity index (χ4v) is 3.27. The zero-order chi connectivity index (χ0) is 14.8. The van der Waals surface area contributed by atoms with E-state index >= 15 is 0 Å². The molecule has 0 radical (unpaired) electrons. The molecule has 2 aromatic rings. The first-order chi connectivity index (χ1) is 9.54. The van der Waals surface area contributed by atoms with Gasteiger partial charge in [0.25, 0.3) is 0 Å². The van der Waals surface area contributed by atoms with Gasteiger partial charge in [-0.3, -0.25) is 4.79 Å². The van der Waals surface area contributed by atoms with E-state index in [0.717, 1.165) is 10.2 Å². The van der Waals surface area contributed by atoms with Gasteiger partial charge in [0.1, 0.15) is 0 Å². The van der Waals surface area contributed by atoms with Gasteiger partial charge in [-0.2, -0.15) is 0 Å². The van der Waals surface area contributed by atoms with E-state index in [1.54, 1.807) is 6.07 Å². The number of carbonyl (C=O) groups is 1. The molecule has 3 N–H and O–H groups in total. The summed E-state index contributed by atoms with van der Waals surface area (Å²) in [6.07, 6.45) is 1.42. The van der Waals surface area contributed by atoms with E-state index in [4.69, 9.17) is 17.3 Å². The molecule has 108 valence electrons. The summed E-state index contributed by atoms with van der Waals surface area (Å²) < 4.78 is 0.958. The number of benzene rings is 1. The van der Waals surface area contributed by atoms with Crippen LogP contribution in [0.1, 0.15) is 26.7 Å². The second kappa shape index (κ2) is 6.08. The molecule has 1 heterocycles. The van der Waals surface area contributed by atoms with Gasteiger partial charge in [0.2, 0.25) is 5.91 Å². The molecular formula is C14H18ClN3OS. The second-order valence-electron chi connectivity index (χ2n) is 4.78. The maximum Gasteiger partial charge on any atom is 0.233 e. The Bertz CT molecular complexity index is 614. The summed E-state index contributed by atoms with van der Waals surface area (Å²) in [6, 6.07) is 5.48. The first-order valence-electron chi connectivity index (χ1n) is 6.62. The van der Waals surface area contributed by atoms with Gasteiger partial charge in [-0.1, -0.05) is 36.8 Å². The minimum absolute atomic E-state index is 0.0600. The molecule has 6 heteroatoms. The smallest absolute Gasteiger partial charge is 0.233 e. The number of amides is 1. The van der Waals surface area contributed by atoms with Crippen molar-refractivity contribution in [2.45, 2.75) is 26.7 Å². The van der Waals surface area contributed by atoms with Crippen molar-refractivity contribution in [2.75, 3.05) is 11.9 Å². The van der Waals surface area contributed by atoms with Gasteiger partial charge in [-0.15, -0.1) is 0 Å². The molecule has 0 fully saturated rings. The van der Waals surface area contributed by atoms with Crippen molar-refractivity contribution in [3.63, 3.8) is 0 Å². The maximum absolute atomic E-state index is 12.4. The summed E-state index contributed by atoms with van der Waals surface area (Å²) in [4.78, 5) is 16.8. The third kappa shape index (κ3) is 2.80. The number of nitrogens with one attached hydrogen (secondary N) is 1. The highest BCUT2D eigenvalue weighted by Crippen LogP contribution is 2.31. The number of nitrogens with two attached hydrogens (primary N) is 1. The van der Waals surface area contributed by atoms with Gasteiger partial charge < -0.3 is 11.1 Å². The predicted molar refractivity (Wildman–Crippen MR) is 85.3 cm³/mol. The van der Waals surface area contributed by atoms with E-state index in [-0.39, 0.29) is 5.91 Å². The second-order valence-corrected chi connectivity index (χ2v) is 6.24. The molecule has 0 bridgehead atoms. The number of hydrogen-bond acceptors (Lipinski definition) is 4. The number of halogens is 1. The highest BCUT2D eigenvalue weighted by Gasteiger charge is 2.33. The van der Waals surface area contributed by atoms with Crippen molar-refractivity contribution in [3.8, 4) is 0 Å². The van der Waals surface area contributed by atoms with E-state index in [9.17, 15) is 4.79 Å². The quantitative estimate of drug-likeness (QED) is 0.885. The van der Waals surface area contributed by atoms with Gasteiger partial charge in [0, 0.05) is 11.6 Å². The Morgan fingerprint density at radius 2 is 2.15 bits per heavy atom. The van der Waals surface area contributed by atoms with Crippen LogP contribution in [0, 0.1) is 5.41 Å². The van der Waals surface area contributed by atoms with Crippen molar-refractivity contribution < 1.29 is 4.79 Å². The number of fused-ring (bicyclic) bond motifs is 1. The van der Waals surface area contributed by atoms with Crippen LogP contribution < -0.4 is 11.1 Å². The Labute approximate surface area is 127 Å².